The minimum Gasteiger partial charge on any atom is -0.444 e. The summed E-state index contributed by atoms with van der Waals surface area (Å²) >= 11 is 5.83. The van der Waals surface area contributed by atoms with Crippen LogP contribution in [0.25, 0.3) is 0 Å². The molecule has 1 aromatic rings. The number of carbonyl (C=O) groups is 2. The summed E-state index contributed by atoms with van der Waals surface area (Å²) in [5.74, 6) is -0.308. The van der Waals surface area contributed by atoms with Gasteiger partial charge in [0.25, 0.3) is 5.91 Å². The molecule has 9 heteroatoms. The number of nitrogens with zero attached hydrogens (tertiary/aromatic N) is 3. The molecule has 0 bridgehead atoms. The molecule has 1 aliphatic heterocycles. The average molecular weight is 370 g/mol. The Kier molecular flexibility index (Phi) is 6.05. The maximum absolute atomic E-state index is 12.1. The van der Waals surface area contributed by atoms with Crippen LogP contribution in [0.15, 0.2) is 6.07 Å². The molecule has 0 unspecified atom stereocenters. The zero-order chi connectivity index (χ0) is 18.6. The first-order chi connectivity index (χ1) is 11.7. The summed E-state index contributed by atoms with van der Waals surface area (Å²) in [7, 11) is 0. The Balaban J connectivity index is 1.86. The highest BCUT2D eigenvalue weighted by Crippen LogP contribution is 2.22. The van der Waals surface area contributed by atoms with Gasteiger partial charge in [-0.1, -0.05) is 11.6 Å². The first kappa shape index (κ1) is 19.2. The summed E-state index contributed by atoms with van der Waals surface area (Å²) in [5.41, 5.74) is 5.34. The number of halogens is 1. The lowest BCUT2D eigenvalue weighted by Crippen LogP contribution is -2.42. The number of nitrogens with two attached hydrogens (primary N) is 1. The van der Waals surface area contributed by atoms with Crippen LogP contribution in [0, 0.1) is 5.92 Å². The first-order valence-corrected chi connectivity index (χ1v) is 8.58. The normalized spacial score (nSPS) is 15.8. The molecule has 1 saturated heterocycles. The third kappa shape index (κ3) is 5.74. The topological polar surface area (TPSA) is 110 Å². The van der Waals surface area contributed by atoms with Gasteiger partial charge in [0.2, 0.25) is 0 Å². The Morgan fingerprint density at radius 3 is 2.56 bits per heavy atom. The van der Waals surface area contributed by atoms with Gasteiger partial charge in [0, 0.05) is 25.7 Å². The number of aromatic nitrogens is 2. The van der Waals surface area contributed by atoms with Crippen molar-refractivity contribution in [2.45, 2.75) is 39.2 Å². The fourth-order valence-electron chi connectivity index (χ4n) is 2.59. The van der Waals surface area contributed by atoms with Crippen LogP contribution in [0.4, 0.5) is 10.5 Å². The van der Waals surface area contributed by atoms with E-state index in [0.29, 0.717) is 31.2 Å². The summed E-state index contributed by atoms with van der Waals surface area (Å²) in [5, 5.41) is 10.7. The second kappa shape index (κ2) is 7.86. The van der Waals surface area contributed by atoms with E-state index in [1.165, 1.54) is 6.07 Å². The molecule has 0 aromatic carbocycles. The lowest BCUT2D eigenvalue weighted by Gasteiger charge is -2.33. The van der Waals surface area contributed by atoms with E-state index in [-0.39, 0.29) is 16.9 Å². The van der Waals surface area contributed by atoms with Crippen molar-refractivity contribution in [2.24, 2.45) is 11.7 Å². The fraction of sp³-hybridized carbons (Fsp3) is 0.625. The predicted octanol–water partition coefficient (Wildman–Crippen LogP) is 2.29. The Labute approximate surface area is 152 Å². The van der Waals surface area contributed by atoms with E-state index in [0.717, 1.165) is 12.8 Å². The van der Waals surface area contributed by atoms with Gasteiger partial charge in [-0.05, 0) is 39.5 Å². The van der Waals surface area contributed by atoms with Gasteiger partial charge in [-0.25, -0.2) is 4.79 Å². The molecule has 1 aromatic heterocycles. The summed E-state index contributed by atoms with van der Waals surface area (Å²) in [4.78, 5) is 25.2. The van der Waals surface area contributed by atoms with Gasteiger partial charge >= 0.3 is 6.09 Å². The molecule has 0 radical (unpaired) electrons. The number of ether oxygens (including phenoxy) is 1. The fourth-order valence-corrected chi connectivity index (χ4v) is 2.73. The highest BCUT2D eigenvalue weighted by Gasteiger charge is 2.27. The van der Waals surface area contributed by atoms with Crippen molar-refractivity contribution in [1.82, 2.24) is 15.1 Å². The largest absolute Gasteiger partial charge is 0.444 e. The highest BCUT2D eigenvalue weighted by atomic mass is 35.5. The highest BCUT2D eigenvalue weighted by molar-refractivity contribution is 6.29. The maximum Gasteiger partial charge on any atom is 0.410 e. The van der Waals surface area contributed by atoms with E-state index in [9.17, 15) is 9.59 Å². The van der Waals surface area contributed by atoms with Gasteiger partial charge in [0.1, 0.15) is 5.60 Å². The Morgan fingerprint density at radius 2 is 2.00 bits per heavy atom. The molecule has 2 rings (SSSR count). The van der Waals surface area contributed by atoms with Gasteiger partial charge in [-0.15, -0.1) is 10.2 Å². The molecule has 2 heterocycles. The molecule has 25 heavy (non-hydrogen) atoms. The average Bonchev–Trinajstić information content (AvgIpc) is 2.51. The van der Waals surface area contributed by atoms with Crippen molar-refractivity contribution < 1.29 is 14.3 Å². The summed E-state index contributed by atoms with van der Waals surface area (Å²) in [6, 6.07) is 1.53. The van der Waals surface area contributed by atoms with Crippen LogP contribution in [0.3, 0.4) is 0 Å². The van der Waals surface area contributed by atoms with E-state index in [1.54, 1.807) is 4.90 Å². The second-order valence-electron chi connectivity index (χ2n) is 7.09. The van der Waals surface area contributed by atoms with Crippen LogP contribution in [-0.2, 0) is 4.74 Å². The molecule has 3 N–H and O–H groups in total. The van der Waals surface area contributed by atoms with Crippen LogP contribution >= 0.6 is 11.6 Å². The maximum atomic E-state index is 12.1. The van der Waals surface area contributed by atoms with Crippen molar-refractivity contribution in [3.63, 3.8) is 0 Å². The minimum atomic E-state index is -0.661. The number of primary amides is 1. The van der Waals surface area contributed by atoms with Crippen LogP contribution in [0.2, 0.25) is 5.15 Å². The van der Waals surface area contributed by atoms with Crippen molar-refractivity contribution in [2.75, 3.05) is 25.0 Å². The molecular formula is C16H24ClN5O3. The molecule has 8 nitrogen and oxygen atoms in total. The summed E-state index contributed by atoms with van der Waals surface area (Å²) in [6.07, 6.45) is 1.40. The smallest absolute Gasteiger partial charge is 0.410 e. The number of likely N-dealkylation sites (tertiary alicyclic amines) is 1. The van der Waals surface area contributed by atoms with E-state index < -0.39 is 11.5 Å². The molecular weight excluding hydrogens is 346 g/mol. The van der Waals surface area contributed by atoms with Gasteiger partial charge in [-0.2, -0.15) is 0 Å². The third-order valence-electron chi connectivity index (χ3n) is 3.84. The summed E-state index contributed by atoms with van der Waals surface area (Å²) < 4.78 is 5.39. The van der Waals surface area contributed by atoms with Gasteiger partial charge in [0.15, 0.2) is 10.8 Å². The van der Waals surface area contributed by atoms with E-state index in [1.807, 2.05) is 20.8 Å². The molecule has 0 saturated carbocycles. The zero-order valence-corrected chi connectivity index (χ0v) is 15.5. The number of piperidine rings is 1. The van der Waals surface area contributed by atoms with Crippen molar-refractivity contribution in [1.29, 1.82) is 0 Å². The predicted molar refractivity (Wildman–Crippen MR) is 94.6 cm³/mol. The quantitative estimate of drug-likeness (QED) is 0.842. The van der Waals surface area contributed by atoms with Crippen molar-refractivity contribution in [3.05, 3.63) is 16.9 Å². The number of hydrogen-bond acceptors (Lipinski definition) is 6. The lowest BCUT2D eigenvalue weighted by atomic mass is 9.97. The molecule has 0 spiro atoms. The Bertz CT molecular complexity index is 639. The van der Waals surface area contributed by atoms with Crippen molar-refractivity contribution >= 4 is 29.3 Å². The van der Waals surface area contributed by atoms with Crippen LogP contribution in [0.1, 0.15) is 44.1 Å². The van der Waals surface area contributed by atoms with E-state index in [2.05, 4.69) is 15.5 Å². The minimum absolute atomic E-state index is 0.0654. The molecule has 0 atom stereocenters. The SMILES string of the molecule is CC(C)(C)OC(=O)N1CCC(CNc2cc(Cl)nnc2C(N)=O)CC1. The number of hydrogen-bond donors (Lipinski definition) is 2. The van der Waals surface area contributed by atoms with Crippen LogP contribution < -0.4 is 11.1 Å². The standard InChI is InChI=1S/C16H24ClN5O3/c1-16(2,3)25-15(24)22-6-4-10(5-7-22)9-19-11-8-12(17)20-21-13(11)14(18)23/h8,10H,4-7,9H2,1-3H3,(H2,18,23)(H,19,20). The van der Waals surface area contributed by atoms with Gasteiger partial charge in [-0.3, -0.25) is 4.79 Å². The molecule has 138 valence electrons. The molecule has 1 fully saturated rings. The Morgan fingerprint density at radius 1 is 1.36 bits per heavy atom. The van der Waals surface area contributed by atoms with Gasteiger partial charge in [0.05, 0.1) is 5.69 Å². The Hall–Kier alpha value is -2.09. The monoisotopic (exact) mass is 369 g/mol. The summed E-state index contributed by atoms with van der Waals surface area (Å²) in [6.45, 7) is 7.46. The van der Waals surface area contributed by atoms with E-state index in [4.69, 9.17) is 22.1 Å². The molecule has 2 amide bonds. The third-order valence-corrected chi connectivity index (χ3v) is 4.03. The van der Waals surface area contributed by atoms with E-state index >= 15 is 0 Å². The first-order valence-electron chi connectivity index (χ1n) is 8.20. The zero-order valence-electron chi connectivity index (χ0n) is 14.7. The number of nitrogens with one attached hydrogen (secondary N) is 1. The van der Waals surface area contributed by atoms with Crippen LogP contribution in [-0.4, -0.2) is 52.3 Å². The number of amides is 2. The number of anilines is 1. The van der Waals surface area contributed by atoms with Gasteiger partial charge < -0.3 is 20.7 Å². The van der Waals surface area contributed by atoms with Crippen molar-refractivity contribution in [3.8, 4) is 0 Å². The molecule has 0 aliphatic carbocycles. The molecule has 1 aliphatic rings. The number of rotatable bonds is 4. The lowest BCUT2D eigenvalue weighted by molar-refractivity contribution is 0.0188. The number of carbonyl (C=O) groups excluding carboxylic acids is 2. The second-order valence-corrected chi connectivity index (χ2v) is 7.47. The van der Waals surface area contributed by atoms with Crippen LogP contribution in [0.5, 0.6) is 0 Å².